The minimum atomic E-state index is -0.402. The summed E-state index contributed by atoms with van der Waals surface area (Å²) in [6, 6.07) is 3.51. The fourth-order valence-electron chi connectivity index (χ4n) is 2.30. The zero-order valence-electron chi connectivity index (χ0n) is 13.7. The Hall–Kier alpha value is -2.48. The van der Waals surface area contributed by atoms with E-state index in [2.05, 4.69) is 15.2 Å². The maximum absolute atomic E-state index is 12.3. The molecule has 0 aromatic carbocycles. The lowest BCUT2D eigenvalue weighted by Gasteiger charge is -2.31. The lowest BCUT2D eigenvalue weighted by Crippen LogP contribution is -2.44. The van der Waals surface area contributed by atoms with Crippen LogP contribution in [0.3, 0.4) is 0 Å². The highest BCUT2D eigenvalue weighted by Crippen LogP contribution is 2.23. The topological polar surface area (TPSA) is 90.6 Å². The summed E-state index contributed by atoms with van der Waals surface area (Å²) in [4.78, 5) is 18.0. The smallest absolute Gasteiger partial charge is 0.260 e. The molecule has 1 saturated heterocycles. The van der Waals surface area contributed by atoms with Crippen LogP contribution in [0.2, 0.25) is 0 Å². The van der Waals surface area contributed by atoms with Crippen molar-refractivity contribution in [1.82, 2.24) is 20.1 Å². The summed E-state index contributed by atoms with van der Waals surface area (Å²) < 4.78 is 16.7. The highest BCUT2D eigenvalue weighted by atomic mass is 16.5. The van der Waals surface area contributed by atoms with Crippen LogP contribution in [0.15, 0.2) is 28.9 Å². The molecule has 0 unspecified atom stereocenters. The van der Waals surface area contributed by atoms with Crippen LogP contribution in [-0.4, -0.2) is 52.3 Å². The third kappa shape index (κ3) is 3.88. The molecule has 3 heterocycles. The number of hydrogen-bond donors (Lipinski definition) is 0. The number of amides is 1. The van der Waals surface area contributed by atoms with Crippen LogP contribution in [0.25, 0.3) is 0 Å². The Morgan fingerprint density at radius 2 is 2.33 bits per heavy atom. The summed E-state index contributed by atoms with van der Waals surface area (Å²) in [7, 11) is 0. The maximum Gasteiger partial charge on any atom is 0.260 e. The molecular weight excluding hydrogens is 312 g/mol. The quantitative estimate of drug-likeness (QED) is 0.820. The average Bonchev–Trinajstić information content (AvgIpc) is 3.11. The summed E-state index contributed by atoms with van der Waals surface area (Å²) in [5.41, 5.74) is 0. The lowest BCUT2D eigenvalue weighted by molar-refractivity contribution is -0.142. The monoisotopic (exact) mass is 332 g/mol. The molecule has 128 valence electrons. The van der Waals surface area contributed by atoms with E-state index in [1.54, 1.807) is 29.4 Å². The molecule has 1 fully saturated rings. The third-order valence-electron chi connectivity index (χ3n) is 3.64. The van der Waals surface area contributed by atoms with E-state index in [4.69, 9.17) is 13.9 Å². The lowest BCUT2D eigenvalue weighted by atomic mass is 10.2. The molecule has 2 aromatic rings. The van der Waals surface area contributed by atoms with Crippen LogP contribution in [0.4, 0.5) is 0 Å². The van der Waals surface area contributed by atoms with Gasteiger partial charge in [-0.3, -0.25) is 9.78 Å². The number of nitrogens with zero attached hydrogens (tertiary/aromatic N) is 4. The maximum atomic E-state index is 12.3. The molecule has 0 spiro atoms. The van der Waals surface area contributed by atoms with Crippen LogP contribution < -0.4 is 4.74 Å². The molecule has 0 bridgehead atoms. The van der Waals surface area contributed by atoms with Crippen LogP contribution in [0, 0.1) is 0 Å². The van der Waals surface area contributed by atoms with Crippen molar-refractivity contribution in [1.29, 1.82) is 0 Å². The second-order valence-electron chi connectivity index (χ2n) is 5.81. The fourth-order valence-corrected chi connectivity index (χ4v) is 2.30. The molecule has 1 atom stereocenters. The first-order valence-electron chi connectivity index (χ1n) is 7.89. The summed E-state index contributed by atoms with van der Waals surface area (Å²) in [6.07, 6.45) is 2.82. The molecule has 0 aliphatic carbocycles. The molecule has 8 heteroatoms. The van der Waals surface area contributed by atoms with Gasteiger partial charge in [0.05, 0.1) is 19.3 Å². The van der Waals surface area contributed by atoms with Gasteiger partial charge in [0.1, 0.15) is 5.75 Å². The largest absolute Gasteiger partial charge is 0.482 e. The Morgan fingerprint density at radius 3 is 3.04 bits per heavy atom. The van der Waals surface area contributed by atoms with Gasteiger partial charge in [0, 0.05) is 18.7 Å². The van der Waals surface area contributed by atoms with Crippen molar-refractivity contribution in [3.63, 3.8) is 0 Å². The standard InChI is InChI=1S/C16H20N4O4/c1-11(2)15-18-19-16(24-15)13-9-20(6-7-22-13)14(21)10-23-12-4-3-5-17-8-12/h3-5,8,11,13H,6-7,9-10H2,1-2H3/t13-/m1/s1. The van der Waals surface area contributed by atoms with E-state index in [9.17, 15) is 4.79 Å². The van der Waals surface area contributed by atoms with Gasteiger partial charge < -0.3 is 18.8 Å². The predicted octanol–water partition coefficient (Wildman–Crippen LogP) is 1.57. The first-order chi connectivity index (χ1) is 11.6. The van der Waals surface area contributed by atoms with Gasteiger partial charge >= 0.3 is 0 Å². The van der Waals surface area contributed by atoms with Crippen molar-refractivity contribution < 1.29 is 18.7 Å². The van der Waals surface area contributed by atoms with Crippen molar-refractivity contribution in [2.45, 2.75) is 25.9 Å². The SMILES string of the molecule is CC(C)c1nnc([C@H]2CN(C(=O)COc3cccnc3)CCO2)o1. The number of rotatable bonds is 5. The van der Waals surface area contributed by atoms with Gasteiger partial charge in [0.25, 0.3) is 5.91 Å². The highest BCUT2D eigenvalue weighted by molar-refractivity contribution is 5.77. The van der Waals surface area contributed by atoms with Crippen molar-refractivity contribution >= 4 is 5.91 Å². The number of aromatic nitrogens is 3. The third-order valence-corrected chi connectivity index (χ3v) is 3.64. The number of carbonyl (C=O) groups is 1. The van der Waals surface area contributed by atoms with Gasteiger partial charge in [-0.25, -0.2) is 0 Å². The second kappa shape index (κ2) is 7.39. The van der Waals surface area contributed by atoms with Gasteiger partial charge in [0.15, 0.2) is 12.7 Å². The molecule has 3 rings (SSSR count). The van der Waals surface area contributed by atoms with E-state index in [1.165, 1.54) is 0 Å². The highest BCUT2D eigenvalue weighted by Gasteiger charge is 2.29. The van der Waals surface area contributed by atoms with E-state index in [-0.39, 0.29) is 18.4 Å². The number of morpholine rings is 1. The molecule has 8 nitrogen and oxygen atoms in total. The van der Waals surface area contributed by atoms with Crippen molar-refractivity contribution in [3.05, 3.63) is 36.3 Å². The average molecular weight is 332 g/mol. The van der Waals surface area contributed by atoms with Crippen molar-refractivity contribution in [2.24, 2.45) is 0 Å². The molecule has 1 aliphatic rings. The first-order valence-corrected chi connectivity index (χ1v) is 7.89. The number of pyridine rings is 1. The molecule has 0 saturated carbocycles. The van der Waals surface area contributed by atoms with E-state index in [1.807, 2.05) is 13.8 Å². The van der Waals surface area contributed by atoms with Crippen LogP contribution in [0.1, 0.15) is 37.7 Å². The molecular formula is C16H20N4O4. The Kier molecular flexibility index (Phi) is 5.05. The van der Waals surface area contributed by atoms with Gasteiger partial charge in [-0.05, 0) is 12.1 Å². The molecule has 0 N–H and O–H groups in total. The Balaban J connectivity index is 1.57. The molecule has 0 radical (unpaired) electrons. The van der Waals surface area contributed by atoms with Gasteiger partial charge in [-0.2, -0.15) is 0 Å². The van der Waals surface area contributed by atoms with Crippen LogP contribution in [0.5, 0.6) is 5.75 Å². The predicted molar refractivity (Wildman–Crippen MR) is 83.4 cm³/mol. The Bertz CT molecular complexity index is 674. The van der Waals surface area contributed by atoms with Crippen LogP contribution >= 0.6 is 0 Å². The fraction of sp³-hybridized carbons (Fsp3) is 0.500. The minimum absolute atomic E-state index is 0.0422. The number of hydrogen-bond acceptors (Lipinski definition) is 7. The summed E-state index contributed by atoms with van der Waals surface area (Å²) in [5, 5.41) is 8.03. The Labute approximate surface area is 139 Å². The van der Waals surface area contributed by atoms with Crippen molar-refractivity contribution in [3.8, 4) is 5.75 Å². The number of ether oxygens (including phenoxy) is 2. The summed E-state index contributed by atoms with van der Waals surface area (Å²) in [5.74, 6) is 1.58. The van der Waals surface area contributed by atoms with E-state index >= 15 is 0 Å². The van der Waals surface area contributed by atoms with Crippen LogP contribution in [-0.2, 0) is 9.53 Å². The van der Waals surface area contributed by atoms with Gasteiger partial charge in [-0.1, -0.05) is 13.8 Å². The second-order valence-corrected chi connectivity index (χ2v) is 5.81. The van der Waals surface area contributed by atoms with Crippen molar-refractivity contribution in [2.75, 3.05) is 26.3 Å². The van der Waals surface area contributed by atoms with E-state index in [0.717, 1.165) is 0 Å². The Morgan fingerprint density at radius 1 is 1.46 bits per heavy atom. The number of carbonyl (C=O) groups excluding carboxylic acids is 1. The molecule has 24 heavy (non-hydrogen) atoms. The molecule has 1 amide bonds. The van der Waals surface area contributed by atoms with E-state index < -0.39 is 6.10 Å². The zero-order valence-corrected chi connectivity index (χ0v) is 13.7. The normalized spacial score (nSPS) is 18.0. The minimum Gasteiger partial charge on any atom is -0.482 e. The van der Waals surface area contributed by atoms with Gasteiger partial charge in [-0.15, -0.1) is 10.2 Å². The van der Waals surface area contributed by atoms with Gasteiger partial charge in [0.2, 0.25) is 11.8 Å². The first kappa shape index (κ1) is 16.4. The summed E-state index contributed by atoms with van der Waals surface area (Å²) in [6.45, 7) is 5.21. The molecule has 1 aliphatic heterocycles. The summed E-state index contributed by atoms with van der Waals surface area (Å²) >= 11 is 0. The zero-order chi connectivity index (χ0) is 16.9. The van der Waals surface area contributed by atoms with E-state index in [0.29, 0.717) is 37.2 Å². The molecule has 2 aromatic heterocycles.